The summed E-state index contributed by atoms with van der Waals surface area (Å²) in [6, 6.07) is 70.9. The van der Waals surface area contributed by atoms with Crippen LogP contribution in [0, 0.1) is 11.3 Å². The Morgan fingerprint density at radius 3 is 1.47 bits per heavy atom. The van der Waals surface area contributed by atoms with Crippen LogP contribution in [0.15, 0.2) is 204 Å². The number of hydrogen-bond donors (Lipinski definition) is 0. The number of benzene rings is 9. The highest BCUT2D eigenvalue weighted by molar-refractivity contribution is 7.99. The van der Waals surface area contributed by atoms with Crippen LogP contribution in [0.3, 0.4) is 0 Å². The van der Waals surface area contributed by atoms with Gasteiger partial charge < -0.3 is 13.7 Å². The molecule has 0 aliphatic rings. The lowest BCUT2D eigenvalue weighted by atomic mass is 10.1. The largest absolute Gasteiger partial charge is 0.309 e. The van der Waals surface area contributed by atoms with E-state index in [1.54, 1.807) is 11.8 Å². The van der Waals surface area contributed by atoms with Crippen molar-refractivity contribution in [3.8, 4) is 23.1 Å². The third-order valence-electron chi connectivity index (χ3n) is 12.3. The molecule has 13 aromatic rings. The van der Waals surface area contributed by atoms with Crippen molar-refractivity contribution in [3.05, 3.63) is 200 Å². The van der Waals surface area contributed by atoms with Gasteiger partial charge in [-0.25, -0.2) is 9.97 Å². The standard InChI is InChI=1S/C55H32N6S/c56-33-34-18-23-38(24-19-34)62-39-25-20-36(21-26-39)61-54-40(27-30-50-52(54)42-12-4-8-16-48(42)59(50)35-10-2-1-3-11-35)41-28-31-51-53(55(41)61)43-13-5-9-17-49(43)60(51)37-22-29-46-47(32-37)58-45-15-7-6-14-44(45)57-46/h1-32H. The SMILES string of the molecule is N#Cc1ccc(Sc2ccc(-n3c4c(ccc5c4c4ccccc4n5-c4ccccc4)c4ccc5c(c6ccccc6n5-c5ccc6nc7ccccc7nc6c5)c43)cc2)cc1. The molecule has 0 atom stereocenters. The first-order valence-electron chi connectivity index (χ1n) is 20.6. The van der Waals surface area contributed by atoms with Gasteiger partial charge in [-0.3, -0.25) is 0 Å². The van der Waals surface area contributed by atoms with Gasteiger partial charge in [-0.15, -0.1) is 0 Å². The van der Waals surface area contributed by atoms with E-state index in [1.807, 2.05) is 48.5 Å². The van der Waals surface area contributed by atoms with Gasteiger partial charge in [0.2, 0.25) is 0 Å². The summed E-state index contributed by atoms with van der Waals surface area (Å²) in [6.45, 7) is 0. The molecule has 288 valence electrons. The minimum atomic E-state index is 0.659. The van der Waals surface area contributed by atoms with Gasteiger partial charge in [-0.2, -0.15) is 5.26 Å². The minimum absolute atomic E-state index is 0.659. The summed E-state index contributed by atoms with van der Waals surface area (Å²) in [7, 11) is 0. The van der Waals surface area contributed by atoms with E-state index in [0.29, 0.717) is 5.56 Å². The van der Waals surface area contributed by atoms with E-state index < -0.39 is 0 Å². The highest BCUT2D eigenvalue weighted by Crippen LogP contribution is 2.46. The fourth-order valence-corrected chi connectivity index (χ4v) is 10.4. The third-order valence-corrected chi connectivity index (χ3v) is 13.3. The smallest absolute Gasteiger partial charge is 0.0991 e. The van der Waals surface area contributed by atoms with E-state index in [4.69, 9.17) is 9.97 Å². The van der Waals surface area contributed by atoms with Gasteiger partial charge in [0.25, 0.3) is 0 Å². The maximum atomic E-state index is 9.36. The van der Waals surface area contributed by atoms with Crippen molar-refractivity contribution < 1.29 is 0 Å². The van der Waals surface area contributed by atoms with Crippen LogP contribution in [0.4, 0.5) is 0 Å². The van der Waals surface area contributed by atoms with E-state index >= 15 is 0 Å². The molecule has 0 radical (unpaired) electrons. The van der Waals surface area contributed by atoms with Crippen LogP contribution in [0.2, 0.25) is 0 Å². The van der Waals surface area contributed by atoms with Crippen LogP contribution < -0.4 is 0 Å². The number of nitriles is 1. The topological polar surface area (TPSA) is 64.4 Å². The molecule has 0 unspecified atom stereocenters. The lowest BCUT2D eigenvalue weighted by molar-refractivity contribution is 1.17. The molecule has 0 bridgehead atoms. The van der Waals surface area contributed by atoms with Crippen molar-refractivity contribution in [2.45, 2.75) is 9.79 Å². The molecule has 0 N–H and O–H groups in total. The molecule has 0 saturated heterocycles. The zero-order valence-corrected chi connectivity index (χ0v) is 33.9. The number of rotatable bonds is 5. The number of para-hydroxylation sites is 5. The molecule has 7 heteroatoms. The minimum Gasteiger partial charge on any atom is -0.309 e. The molecule has 4 aromatic heterocycles. The molecule has 0 aliphatic heterocycles. The van der Waals surface area contributed by atoms with Crippen molar-refractivity contribution in [1.82, 2.24) is 23.7 Å². The first-order chi connectivity index (χ1) is 30.7. The van der Waals surface area contributed by atoms with Crippen LogP contribution in [-0.4, -0.2) is 23.7 Å². The molecule has 13 rings (SSSR count). The monoisotopic (exact) mass is 808 g/mol. The van der Waals surface area contributed by atoms with Crippen molar-refractivity contribution in [2.75, 3.05) is 0 Å². The summed E-state index contributed by atoms with van der Waals surface area (Å²) >= 11 is 1.70. The zero-order valence-electron chi connectivity index (χ0n) is 33.1. The molecule has 9 aromatic carbocycles. The molecule has 0 aliphatic carbocycles. The normalized spacial score (nSPS) is 11.9. The van der Waals surface area contributed by atoms with Gasteiger partial charge in [-0.1, -0.05) is 90.6 Å². The molecule has 0 fully saturated rings. The van der Waals surface area contributed by atoms with Gasteiger partial charge in [0.05, 0.1) is 66.8 Å². The second kappa shape index (κ2) is 13.4. The average Bonchev–Trinajstić information content (AvgIpc) is 3.97. The van der Waals surface area contributed by atoms with Gasteiger partial charge >= 0.3 is 0 Å². The molecule has 0 saturated carbocycles. The summed E-state index contributed by atoms with van der Waals surface area (Å²) in [5, 5.41) is 16.5. The van der Waals surface area contributed by atoms with Crippen LogP contribution >= 0.6 is 11.8 Å². The van der Waals surface area contributed by atoms with Crippen LogP contribution in [-0.2, 0) is 0 Å². The fourth-order valence-electron chi connectivity index (χ4n) is 9.63. The van der Waals surface area contributed by atoms with Gasteiger partial charge in [0.1, 0.15) is 0 Å². The summed E-state index contributed by atoms with van der Waals surface area (Å²) < 4.78 is 7.30. The quantitative estimate of drug-likeness (QED) is 0.162. The van der Waals surface area contributed by atoms with Crippen molar-refractivity contribution >= 4 is 99.2 Å². The maximum absolute atomic E-state index is 9.36. The zero-order chi connectivity index (χ0) is 40.9. The second-order valence-corrected chi connectivity index (χ2v) is 16.9. The predicted molar refractivity (Wildman–Crippen MR) is 255 cm³/mol. The molecular formula is C55H32N6S. The van der Waals surface area contributed by atoms with E-state index in [-0.39, 0.29) is 0 Å². The predicted octanol–water partition coefficient (Wildman–Crippen LogP) is 14.1. The molecule has 0 spiro atoms. The van der Waals surface area contributed by atoms with Gasteiger partial charge in [0, 0.05) is 59.2 Å². The van der Waals surface area contributed by atoms with E-state index in [2.05, 4.69) is 165 Å². The summed E-state index contributed by atoms with van der Waals surface area (Å²) in [5.74, 6) is 0. The summed E-state index contributed by atoms with van der Waals surface area (Å²) in [5.41, 5.74) is 14.3. The van der Waals surface area contributed by atoms with Crippen LogP contribution in [0.1, 0.15) is 5.56 Å². The Morgan fingerprint density at radius 2 is 0.855 bits per heavy atom. The number of nitrogens with zero attached hydrogens (tertiary/aromatic N) is 6. The number of fused-ring (bicyclic) bond motifs is 13. The van der Waals surface area contributed by atoms with E-state index in [1.165, 1.54) is 43.4 Å². The highest BCUT2D eigenvalue weighted by Gasteiger charge is 2.25. The van der Waals surface area contributed by atoms with Gasteiger partial charge in [0.15, 0.2) is 0 Å². The lowest BCUT2D eigenvalue weighted by Gasteiger charge is -2.12. The van der Waals surface area contributed by atoms with Crippen molar-refractivity contribution in [2.24, 2.45) is 0 Å². The Hall–Kier alpha value is -8.18. The molecule has 62 heavy (non-hydrogen) atoms. The van der Waals surface area contributed by atoms with Crippen molar-refractivity contribution in [1.29, 1.82) is 5.26 Å². The van der Waals surface area contributed by atoms with Crippen molar-refractivity contribution in [3.63, 3.8) is 0 Å². The molecule has 6 nitrogen and oxygen atoms in total. The molecule has 4 heterocycles. The number of hydrogen-bond acceptors (Lipinski definition) is 4. The average molecular weight is 809 g/mol. The maximum Gasteiger partial charge on any atom is 0.0991 e. The van der Waals surface area contributed by atoms with Crippen LogP contribution in [0.25, 0.3) is 105 Å². The fraction of sp³-hybridized carbons (Fsp3) is 0. The number of aromatic nitrogens is 5. The Morgan fingerprint density at radius 1 is 0.371 bits per heavy atom. The highest BCUT2D eigenvalue weighted by atomic mass is 32.2. The van der Waals surface area contributed by atoms with E-state index in [0.717, 1.165) is 71.0 Å². The lowest BCUT2D eigenvalue weighted by Crippen LogP contribution is -1.97. The second-order valence-electron chi connectivity index (χ2n) is 15.7. The first kappa shape index (κ1) is 34.7. The van der Waals surface area contributed by atoms with E-state index in [9.17, 15) is 5.26 Å². The Kier molecular flexibility index (Phi) is 7.50. The third kappa shape index (κ3) is 5.11. The summed E-state index contributed by atoms with van der Waals surface area (Å²) in [6.07, 6.45) is 0. The summed E-state index contributed by atoms with van der Waals surface area (Å²) in [4.78, 5) is 12.2. The Labute approximate surface area is 359 Å². The molecular weight excluding hydrogens is 777 g/mol. The van der Waals surface area contributed by atoms with Crippen LogP contribution in [0.5, 0.6) is 0 Å². The Bertz CT molecular complexity index is 4000. The first-order valence-corrected chi connectivity index (χ1v) is 21.5. The molecule has 0 amide bonds. The van der Waals surface area contributed by atoms with Gasteiger partial charge in [-0.05, 0) is 115 Å². The Balaban J connectivity index is 1.13.